The van der Waals surface area contributed by atoms with Crippen molar-refractivity contribution >= 4 is 5.97 Å². The second-order valence-electron chi connectivity index (χ2n) is 6.23. The van der Waals surface area contributed by atoms with E-state index in [1.807, 2.05) is 0 Å². The largest absolute Gasteiger partial charge is 0.368 e. The summed E-state index contributed by atoms with van der Waals surface area (Å²) >= 11 is 0. The molecule has 1 rings (SSSR count). The van der Waals surface area contributed by atoms with Gasteiger partial charge in [0, 0.05) is 12.0 Å². The maximum atomic E-state index is 11.5. The summed E-state index contributed by atoms with van der Waals surface area (Å²) in [4.78, 5) is 21.8. The summed E-state index contributed by atoms with van der Waals surface area (Å²) in [5.41, 5.74) is 0.175. The number of ether oxygens (including phenoxy) is 2. The Morgan fingerprint density at radius 3 is 2.52 bits per heavy atom. The lowest BCUT2D eigenvalue weighted by Crippen LogP contribution is -2.36. The Hall–Kier alpha value is -0.910. The van der Waals surface area contributed by atoms with Gasteiger partial charge in [0.25, 0.3) is 0 Å². The molecule has 5 nitrogen and oxygen atoms in total. The smallest absolute Gasteiger partial charge is 0.350 e. The highest BCUT2D eigenvalue weighted by atomic mass is 17.2. The Morgan fingerprint density at radius 1 is 1.38 bits per heavy atom. The summed E-state index contributed by atoms with van der Waals surface area (Å²) in [6.07, 6.45) is 3.15. The predicted molar refractivity (Wildman–Crippen MR) is 79.4 cm³/mol. The molecule has 1 aliphatic rings. The molecular formula is C16H28O5. The molecular weight excluding hydrogens is 272 g/mol. The van der Waals surface area contributed by atoms with E-state index in [1.165, 1.54) is 0 Å². The van der Waals surface area contributed by atoms with E-state index < -0.39 is 5.97 Å². The van der Waals surface area contributed by atoms with Crippen LogP contribution in [0, 0.1) is 5.41 Å². The average molecular weight is 300 g/mol. The third-order valence-electron chi connectivity index (χ3n) is 3.73. The molecule has 0 spiro atoms. The van der Waals surface area contributed by atoms with E-state index in [0.29, 0.717) is 25.2 Å². The van der Waals surface area contributed by atoms with E-state index in [2.05, 4.69) is 27.4 Å². The lowest BCUT2D eigenvalue weighted by atomic mass is 9.80. The normalized spacial score (nSPS) is 17.7. The number of carbonyl (C=O) groups is 1. The molecule has 122 valence electrons. The van der Waals surface area contributed by atoms with E-state index in [9.17, 15) is 4.79 Å². The van der Waals surface area contributed by atoms with Crippen molar-refractivity contribution in [1.82, 2.24) is 0 Å². The standard InChI is InChI=1S/C16H28O5/c1-6-7-8-16(4,5)13(11-14-18-9-10-19-14)20-21-15(17)12(2)3/h13-14H,2,6-11H2,1,3-5H3. The molecule has 0 aliphatic carbocycles. The van der Waals surface area contributed by atoms with Gasteiger partial charge in [-0.3, -0.25) is 4.89 Å². The Balaban J connectivity index is 2.63. The Morgan fingerprint density at radius 2 is 2.00 bits per heavy atom. The summed E-state index contributed by atoms with van der Waals surface area (Å²) in [6, 6.07) is 0. The number of rotatable bonds is 9. The molecule has 21 heavy (non-hydrogen) atoms. The molecule has 1 atom stereocenters. The van der Waals surface area contributed by atoms with E-state index in [1.54, 1.807) is 6.92 Å². The van der Waals surface area contributed by atoms with E-state index in [4.69, 9.17) is 19.2 Å². The van der Waals surface area contributed by atoms with Gasteiger partial charge in [-0.25, -0.2) is 4.79 Å². The van der Waals surface area contributed by atoms with Crippen LogP contribution in [0.25, 0.3) is 0 Å². The molecule has 5 heteroatoms. The molecule has 1 fully saturated rings. The zero-order valence-corrected chi connectivity index (χ0v) is 13.6. The number of hydrogen-bond donors (Lipinski definition) is 0. The minimum absolute atomic E-state index is 0.138. The summed E-state index contributed by atoms with van der Waals surface area (Å²) in [5, 5.41) is 0. The van der Waals surface area contributed by atoms with E-state index in [-0.39, 0.29) is 17.8 Å². The fourth-order valence-electron chi connectivity index (χ4n) is 2.17. The molecule has 0 amide bonds. The number of hydrogen-bond acceptors (Lipinski definition) is 5. The molecule has 0 aromatic rings. The first-order chi connectivity index (χ1) is 9.86. The van der Waals surface area contributed by atoms with Gasteiger partial charge in [0.05, 0.1) is 13.2 Å². The van der Waals surface area contributed by atoms with Crippen molar-refractivity contribution in [2.45, 2.75) is 65.8 Å². The molecule has 1 unspecified atom stereocenters. The summed E-state index contributed by atoms with van der Waals surface area (Å²) in [5.74, 6) is -0.542. The van der Waals surface area contributed by atoms with Crippen LogP contribution in [0.1, 0.15) is 53.4 Å². The SMILES string of the molecule is C=C(C)C(=O)OOC(CC1OCCO1)C(C)(C)CCCC. The molecule has 0 aromatic heterocycles. The summed E-state index contributed by atoms with van der Waals surface area (Å²) in [7, 11) is 0. The summed E-state index contributed by atoms with van der Waals surface area (Å²) < 4.78 is 11.0. The average Bonchev–Trinajstić information content (AvgIpc) is 2.93. The van der Waals surface area contributed by atoms with Crippen LogP contribution in [-0.2, 0) is 24.0 Å². The van der Waals surface area contributed by atoms with Gasteiger partial charge >= 0.3 is 5.97 Å². The molecule has 0 radical (unpaired) electrons. The molecule has 1 heterocycles. The van der Waals surface area contributed by atoms with Crippen LogP contribution in [0.3, 0.4) is 0 Å². The topological polar surface area (TPSA) is 54.0 Å². The third kappa shape index (κ3) is 6.16. The predicted octanol–water partition coefficient (Wildman–Crippen LogP) is 3.39. The van der Waals surface area contributed by atoms with Gasteiger partial charge in [0.2, 0.25) is 0 Å². The third-order valence-corrected chi connectivity index (χ3v) is 3.73. The van der Waals surface area contributed by atoms with Crippen molar-refractivity contribution in [2.75, 3.05) is 13.2 Å². The minimum atomic E-state index is -0.542. The fourth-order valence-corrected chi connectivity index (χ4v) is 2.17. The Kier molecular flexibility index (Phi) is 7.35. The minimum Gasteiger partial charge on any atom is -0.350 e. The first-order valence-electron chi connectivity index (χ1n) is 7.63. The lowest BCUT2D eigenvalue weighted by Gasteiger charge is -2.33. The van der Waals surface area contributed by atoms with Crippen molar-refractivity contribution in [3.05, 3.63) is 12.2 Å². The van der Waals surface area contributed by atoms with Gasteiger partial charge < -0.3 is 9.47 Å². The van der Waals surface area contributed by atoms with Crippen LogP contribution in [0.4, 0.5) is 0 Å². The van der Waals surface area contributed by atoms with Gasteiger partial charge in [-0.15, -0.1) is 0 Å². The first-order valence-corrected chi connectivity index (χ1v) is 7.63. The van der Waals surface area contributed by atoms with Crippen molar-refractivity contribution < 1.29 is 24.0 Å². The fraction of sp³-hybridized carbons (Fsp3) is 0.812. The second kappa shape index (κ2) is 8.51. The van der Waals surface area contributed by atoms with Gasteiger partial charge in [-0.2, -0.15) is 4.89 Å². The Labute approximate surface area is 127 Å². The highest BCUT2D eigenvalue weighted by Gasteiger charge is 2.35. The lowest BCUT2D eigenvalue weighted by molar-refractivity contribution is -0.320. The molecule has 0 aromatic carbocycles. The monoisotopic (exact) mass is 300 g/mol. The van der Waals surface area contributed by atoms with Crippen LogP contribution in [-0.4, -0.2) is 31.6 Å². The van der Waals surface area contributed by atoms with Crippen molar-refractivity contribution in [1.29, 1.82) is 0 Å². The molecule has 0 saturated carbocycles. The van der Waals surface area contributed by atoms with Gasteiger partial charge in [0.1, 0.15) is 6.10 Å². The maximum Gasteiger partial charge on any atom is 0.368 e. The van der Waals surface area contributed by atoms with Crippen LogP contribution in [0.15, 0.2) is 12.2 Å². The van der Waals surface area contributed by atoms with Crippen molar-refractivity contribution in [3.63, 3.8) is 0 Å². The van der Waals surface area contributed by atoms with E-state index in [0.717, 1.165) is 19.3 Å². The number of unbranched alkanes of at least 4 members (excludes halogenated alkanes) is 1. The number of carbonyl (C=O) groups excluding carboxylic acids is 1. The highest BCUT2D eigenvalue weighted by molar-refractivity contribution is 5.86. The van der Waals surface area contributed by atoms with Crippen LogP contribution in [0.5, 0.6) is 0 Å². The summed E-state index contributed by atoms with van der Waals surface area (Å²) in [6.45, 7) is 12.7. The molecule has 0 bridgehead atoms. The second-order valence-corrected chi connectivity index (χ2v) is 6.23. The highest BCUT2D eigenvalue weighted by Crippen LogP contribution is 2.34. The zero-order valence-electron chi connectivity index (χ0n) is 13.6. The molecule has 0 N–H and O–H groups in total. The van der Waals surface area contributed by atoms with E-state index >= 15 is 0 Å². The van der Waals surface area contributed by atoms with Gasteiger partial charge in [0.15, 0.2) is 6.29 Å². The van der Waals surface area contributed by atoms with Crippen molar-refractivity contribution in [3.8, 4) is 0 Å². The van der Waals surface area contributed by atoms with Crippen LogP contribution < -0.4 is 0 Å². The van der Waals surface area contributed by atoms with Gasteiger partial charge in [-0.1, -0.05) is 40.2 Å². The van der Waals surface area contributed by atoms with Crippen molar-refractivity contribution in [2.24, 2.45) is 5.41 Å². The van der Waals surface area contributed by atoms with Crippen LogP contribution >= 0.6 is 0 Å². The zero-order chi connectivity index (χ0) is 15.9. The Bertz CT molecular complexity index is 345. The molecule has 1 saturated heterocycles. The quantitative estimate of drug-likeness (QED) is 0.371. The molecule has 1 aliphatic heterocycles. The first kappa shape index (κ1) is 18.1. The van der Waals surface area contributed by atoms with Crippen LogP contribution in [0.2, 0.25) is 0 Å². The maximum absolute atomic E-state index is 11.5. The van der Waals surface area contributed by atoms with Gasteiger partial charge in [-0.05, 0) is 18.8 Å².